The van der Waals surface area contributed by atoms with Gasteiger partial charge in [0, 0.05) is 0 Å². The summed E-state index contributed by atoms with van der Waals surface area (Å²) in [7, 11) is -2.38. The lowest BCUT2D eigenvalue weighted by atomic mass is 10.0. The molecule has 0 saturated heterocycles. The first-order valence-electron chi connectivity index (χ1n) is 10.0. The van der Waals surface area contributed by atoms with Crippen molar-refractivity contribution < 1.29 is 24.1 Å². The number of aliphatic hydroxyl groups is 2. The van der Waals surface area contributed by atoms with Crippen molar-refractivity contribution in [3.8, 4) is 0 Å². The Kier molecular flexibility index (Phi) is 18.2. The zero-order chi connectivity index (χ0) is 18.8. The number of carbonyl (C=O) groups excluding carboxylic acids is 1. The van der Waals surface area contributed by atoms with Gasteiger partial charge in [-0.2, -0.15) is 0 Å². The molecule has 0 fully saturated rings. The highest BCUT2D eigenvalue weighted by atomic mass is 31.1. The van der Waals surface area contributed by atoms with Gasteiger partial charge in [-0.1, -0.05) is 84.0 Å². The molecule has 25 heavy (non-hydrogen) atoms. The quantitative estimate of drug-likeness (QED) is 0.241. The highest BCUT2D eigenvalue weighted by molar-refractivity contribution is 7.59. The van der Waals surface area contributed by atoms with Crippen LogP contribution in [0.2, 0.25) is 0 Å². The number of aliphatic hydroxyl groups excluding tert-OH is 2. The van der Waals surface area contributed by atoms with Crippen molar-refractivity contribution in [3.63, 3.8) is 0 Å². The Morgan fingerprint density at radius 2 is 1.32 bits per heavy atom. The maximum absolute atomic E-state index is 11.6. The second-order valence-corrected chi connectivity index (χ2v) is 8.05. The number of unbranched alkanes of at least 4 members (excludes halogenated alkanes) is 12. The van der Waals surface area contributed by atoms with Gasteiger partial charge in [-0.25, -0.2) is 4.79 Å². The van der Waals surface area contributed by atoms with Crippen LogP contribution in [-0.2, 0) is 13.9 Å². The smallest absolute Gasteiger partial charge is 0.394 e. The van der Waals surface area contributed by atoms with Gasteiger partial charge in [-0.3, -0.25) is 0 Å². The van der Waals surface area contributed by atoms with Gasteiger partial charge in [0.15, 0.2) is 0 Å². The molecule has 0 aliphatic carbocycles. The molecule has 6 heteroatoms. The van der Waals surface area contributed by atoms with Crippen molar-refractivity contribution in [1.82, 2.24) is 0 Å². The van der Waals surface area contributed by atoms with E-state index in [4.69, 9.17) is 14.7 Å². The molecule has 0 aliphatic heterocycles. The predicted molar refractivity (Wildman–Crippen MR) is 102 cm³/mol. The SMILES string of the molecule is CCCCCCCCCCCCCCCC(=O)[P+](=O)OC[C@@H](O)CO. The number of hydrogen-bond donors (Lipinski definition) is 2. The maximum Gasteiger partial charge on any atom is 0.587 e. The first-order chi connectivity index (χ1) is 12.1. The molecular formula is C19H38O5P+. The molecule has 148 valence electrons. The summed E-state index contributed by atoms with van der Waals surface area (Å²) in [5.74, 6) is 0. The van der Waals surface area contributed by atoms with Crippen molar-refractivity contribution in [1.29, 1.82) is 0 Å². The first-order valence-corrected chi connectivity index (χ1v) is 11.2. The highest BCUT2D eigenvalue weighted by Crippen LogP contribution is 2.26. The normalized spacial score (nSPS) is 13.0. The average molecular weight is 377 g/mol. The summed E-state index contributed by atoms with van der Waals surface area (Å²) in [6.07, 6.45) is 15.3. The van der Waals surface area contributed by atoms with Crippen LogP contribution in [0.1, 0.15) is 96.8 Å². The van der Waals surface area contributed by atoms with Crippen LogP contribution in [0.25, 0.3) is 0 Å². The van der Waals surface area contributed by atoms with Gasteiger partial charge >= 0.3 is 13.6 Å². The first kappa shape index (κ1) is 24.7. The molecule has 0 aromatic heterocycles. The lowest BCUT2D eigenvalue weighted by molar-refractivity contribution is -0.112. The van der Waals surface area contributed by atoms with Gasteiger partial charge in [0.1, 0.15) is 12.7 Å². The van der Waals surface area contributed by atoms with E-state index in [2.05, 4.69) is 6.92 Å². The largest absolute Gasteiger partial charge is 0.587 e. The van der Waals surface area contributed by atoms with Crippen LogP contribution in [-0.4, -0.2) is 35.1 Å². The Balaban J connectivity index is 3.32. The molecule has 0 aliphatic rings. The molecule has 0 radical (unpaired) electrons. The molecular weight excluding hydrogens is 339 g/mol. The summed E-state index contributed by atoms with van der Waals surface area (Å²) >= 11 is 0. The van der Waals surface area contributed by atoms with E-state index in [1.165, 1.54) is 64.2 Å². The molecule has 5 nitrogen and oxygen atoms in total. The summed E-state index contributed by atoms with van der Waals surface area (Å²) in [5.41, 5.74) is -0.400. The van der Waals surface area contributed by atoms with Gasteiger partial charge in [0.05, 0.1) is 13.0 Å². The molecule has 0 heterocycles. The van der Waals surface area contributed by atoms with E-state index in [1.807, 2.05) is 0 Å². The second kappa shape index (κ2) is 18.4. The summed E-state index contributed by atoms with van der Waals surface area (Å²) in [5, 5.41) is 17.7. The van der Waals surface area contributed by atoms with Crippen LogP contribution in [0.3, 0.4) is 0 Å². The van der Waals surface area contributed by atoms with Gasteiger partial charge < -0.3 is 10.2 Å². The number of carbonyl (C=O) groups is 1. The topological polar surface area (TPSA) is 83.8 Å². The fourth-order valence-electron chi connectivity index (χ4n) is 2.66. The molecule has 0 aromatic carbocycles. The minimum Gasteiger partial charge on any atom is -0.394 e. The summed E-state index contributed by atoms with van der Waals surface area (Å²) in [6, 6.07) is 0. The molecule has 1 unspecified atom stereocenters. The van der Waals surface area contributed by atoms with Crippen molar-refractivity contribution in [2.75, 3.05) is 13.2 Å². The lowest BCUT2D eigenvalue weighted by Gasteiger charge is -2.02. The molecule has 0 bridgehead atoms. The van der Waals surface area contributed by atoms with Gasteiger partial charge in [0.25, 0.3) is 0 Å². The van der Waals surface area contributed by atoms with Crippen LogP contribution in [0.15, 0.2) is 0 Å². The Morgan fingerprint density at radius 3 is 1.76 bits per heavy atom. The number of hydrogen-bond acceptors (Lipinski definition) is 5. The van der Waals surface area contributed by atoms with E-state index in [0.29, 0.717) is 0 Å². The fraction of sp³-hybridized carbons (Fsp3) is 0.947. The third kappa shape index (κ3) is 16.8. The minimum atomic E-state index is -2.38. The monoisotopic (exact) mass is 377 g/mol. The summed E-state index contributed by atoms with van der Waals surface area (Å²) < 4.78 is 16.3. The molecule has 2 N–H and O–H groups in total. The summed E-state index contributed by atoms with van der Waals surface area (Å²) in [4.78, 5) is 11.6. The highest BCUT2D eigenvalue weighted by Gasteiger charge is 2.30. The fourth-order valence-corrected chi connectivity index (χ4v) is 3.46. The van der Waals surface area contributed by atoms with Crippen molar-refractivity contribution in [3.05, 3.63) is 0 Å². The van der Waals surface area contributed by atoms with E-state index in [0.717, 1.165) is 19.3 Å². The number of rotatable bonds is 19. The third-order valence-electron chi connectivity index (χ3n) is 4.29. The Hall–Kier alpha value is -0.350. The Bertz CT molecular complexity index is 336. The molecule has 0 spiro atoms. The van der Waals surface area contributed by atoms with E-state index in [9.17, 15) is 9.36 Å². The van der Waals surface area contributed by atoms with E-state index in [-0.39, 0.29) is 13.0 Å². The van der Waals surface area contributed by atoms with E-state index in [1.54, 1.807) is 0 Å². The van der Waals surface area contributed by atoms with Gasteiger partial charge in [-0.05, 0) is 11.0 Å². The molecule has 0 saturated carbocycles. The zero-order valence-electron chi connectivity index (χ0n) is 16.0. The Morgan fingerprint density at radius 1 is 0.880 bits per heavy atom. The van der Waals surface area contributed by atoms with E-state index >= 15 is 0 Å². The molecule has 0 rings (SSSR count). The van der Waals surface area contributed by atoms with Crippen molar-refractivity contribution in [2.45, 2.75) is 103 Å². The minimum absolute atomic E-state index is 0.266. The third-order valence-corrected chi connectivity index (χ3v) is 5.31. The van der Waals surface area contributed by atoms with Crippen LogP contribution < -0.4 is 0 Å². The standard InChI is InChI=1S/C19H38O5P/c1-2-3-4-5-6-7-8-9-10-11-12-13-14-15-19(22)25(23)24-17-18(21)16-20/h18,20-21H,2-17H2,1H3/q+1/t18-/m0/s1. The molecule has 2 atom stereocenters. The average Bonchev–Trinajstić information content (AvgIpc) is 2.62. The predicted octanol–water partition coefficient (Wildman–Crippen LogP) is 5.11. The van der Waals surface area contributed by atoms with Gasteiger partial charge in [-0.15, -0.1) is 4.52 Å². The molecule has 0 aromatic rings. The van der Waals surface area contributed by atoms with Gasteiger partial charge in [0.2, 0.25) is 0 Å². The van der Waals surface area contributed by atoms with E-state index < -0.39 is 26.3 Å². The van der Waals surface area contributed by atoms with Crippen LogP contribution in [0, 0.1) is 0 Å². The van der Waals surface area contributed by atoms with Crippen LogP contribution in [0.5, 0.6) is 0 Å². The second-order valence-electron chi connectivity index (χ2n) is 6.78. The van der Waals surface area contributed by atoms with Crippen LogP contribution >= 0.6 is 8.03 Å². The maximum atomic E-state index is 11.6. The van der Waals surface area contributed by atoms with Crippen molar-refractivity contribution in [2.24, 2.45) is 0 Å². The molecule has 0 amide bonds. The Labute approximate surface area is 154 Å². The van der Waals surface area contributed by atoms with Crippen molar-refractivity contribution >= 4 is 13.6 Å². The zero-order valence-corrected chi connectivity index (χ0v) is 16.9. The van der Waals surface area contributed by atoms with Crippen LogP contribution in [0.4, 0.5) is 0 Å². The summed E-state index contributed by atoms with van der Waals surface area (Å²) in [6.45, 7) is 1.51. The lowest BCUT2D eigenvalue weighted by Crippen LogP contribution is -2.18.